The molecule has 0 spiro atoms. The Morgan fingerprint density at radius 3 is 2.52 bits per heavy atom. The number of hydrogen-bond donors (Lipinski definition) is 0. The van der Waals surface area contributed by atoms with Gasteiger partial charge in [-0.3, -0.25) is 9.78 Å². The number of rotatable bonds is 3. The summed E-state index contributed by atoms with van der Waals surface area (Å²) in [5.74, 6) is 0.473. The fraction of sp³-hybridized carbons (Fsp3) is 0.591. The number of pyridine rings is 1. The second-order valence-corrected chi connectivity index (χ2v) is 9.72. The predicted octanol–water partition coefficient (Wildman–Crippen LogP) is 4.17. The number of amides is 1. The zero-order chi connectivity index (χ0) is 20.6. The van der Waals surface area contributed by atoms with Crippen LogP contribution in [0.25, 0.3) is 5.69 Å². The Balaban J connectivity index is 1.45. The molecule has 2 aliphatic heterocycles. The van der Waals surface area contributed by atoms with Crippen LogP contribution < -0.4 is 4.90 Å². The second-order valence-electron chi connectivity index (χ2n) is 9.28. The van der Waals surface area contributed by atoms with Crippen LogP contribution in [0.4, 0.5) is 5.69 Å². The Morgan fingerprint density at radius 2 is 1.86 bits per heavy atom. The predicted molar refractivity (Wildman–Crippen MR) is 115 cm³/mol. The Morgan fingerprint density at radius 1 is 1.10 bits per heavy atom. The summed E-state index contributed by atoms with van der Waals surface area (Å²) in [4.78, 5) is 22.1. The van der Waals surface area contributed by atoms with Crippen molar-refractivity contribution in [1.29, 1.82) is 0 Å². The molecule has 1 atom stereocenters. The van der Waals surface area contributed by atoms with E-state index >= 15 is 0 Å². The van der Waals surface area contributed by atoms with Crippen LogP contribution >= 0.6 is 11.6 Å². The molecule has 0 saturated carbocycles. The number of carbonyl (C=O) groups is 1. The second kappa shape index (κ2) is 7.98. The van der Waals surface area contributed by atoms with Crippen molar-refractivity contribution in [3.8, 4) is 5.69 Å². The molecule has 0 N–H and O–H groups in total. The molecular formula is C22H30ClN5O. The summed E-state index contributed by atoms with van der Waals surface area (Å²) >= 11 is 6.05. The minimum absolute atomic E-state index is 0.119. The van der Waals surface area contributed by atoms with Crippen molar-refractivity contribution in [3.05, 3.63) is 35.9 Å². The van der Waals surface area contributed by atoms with Crippen molar-refractivity contribution >= 4 is 23.2 Å². The van der Waals surface area contributed by atoms with Gasteiger partial charge in [-0.2, -0.15) is 5.10 Å². The maximum absolute atomic E-state index is 13.3. The van der Waals surface area contributed by atoms with E-state index in [1.54, 1.807) is 23.3 Å². The van der Waals surface area contributed by atoms with Crippen LogP contribution in [0.15, 0.2) is 30.9 Å². The molecule has 6 nitrogen and oxygen atoms in total. The smallest absolute Gasteiger partial charge is 0.226 e. The lowest BCUT2D eigenvalue weighted by Gasteiger charge is -2.39. The summed E-state index contributed by atoms with van der Waals surface area (Å²) in [6.45, 7) is 9.34. The Labute approximate surface area is 177 Å². The molecular weight excluding hydrogens is 386 g/mol. The third-order valence-corrected chi connectivity index (χ3v) is 6.49. The summed E-state index contributed by atoms with van der Waals surface area (Å²) in [7, 11) is 0. The number of aromatic nitrogens is 3. The van der Waals surface area contributed by atoms with Gasteiger partial charge in [-0.1, -0.05) is 32.4 Å². The minimum atomic E-state index is 0.119. The molecule has 4 heterocycles. The number of hydrogen-bond acceptors (Lipinski definition) is 4. The molecule has 2 saturated heterocycles. The van der Waals surface area contributed by atoms with Crippen LogP contribution in [0, 0.1) is 11.3 Å². The van der Waals surface area contributed by atoms with E-state index in [4.69, 9.17) is 11.6 Å². The van der Waals surface area contributed by atoms with E-state index in [9.17, 15) is 4.79 Å². The van der Waals surface area contributed by atoms with Gasteiger partial charge in [0.2, 0.25) is 5.91 Å². The molecule has 1 amide bonds. The summed E-state index contributed by atoms with van der Waals surface area (Å²) in [6.07, 6.45) is 11.1. The topological polar surface area (TPSA) is 54.3 Å². The highest BCUT2D eigenvalue weighted by molar-refractivity contribution is 6.30. The summed E-state index contributed by atoms with van der Waals surface area (Å²) in [5, 5.41) is 4.95. The van der Waals surface area contributed by atoms with Gasteiger partial charge < -0.3 is 9.80 Å². The number of anilines is 1. The third-order valence-electron chi connectivity index (χ3n) is 6.30. The molecule has 0 unspecified atom stereocenters. The van der Waals surface area contributed by atoms with Crippen molar-refractivity contribution in [2.75, 3.05) is 24.5 Å². The van der Waals surface area contributed by atoms with E-state index in [1.165, 1.54) is 0 Å². The standard InChI is InChI=1S/C22H30ClN5O/c1-22(2,3)20-5-4-10-27(20)21(29)16-7-11-26(12-8-16)19-14-24-9-6-18(19)28-15-17(23)13-25-28/h6,9,13-16,20H,4-5,7-8,10-12H2,1-3H3/t20-/m0/s1. The minimum Gasteiger partial charge on any atom is -0.368 e. The first kappa shape index (κ1) is 20.2. The van der Waals surface area contributed by atoms with Crippen molar-refractivity contribution in [3.63, 3.8) is 0 Å². The van der Waals surface area contributed by atoms with Gasteiger partial charge in [0, 0.05) is 44.0 Å². The Bertz CT molecular complexity index is 866. The largest absolute Gasteiger partial charge is 0.368 e. The van der Waals surface area contributed by atoms with Gasteiger partial charge in [0.1, 0.15) is 0 Å². The van der Waals surface area contributed by atoms with E-state index in [1.807, 2.05) is 12.3 Å². The quantitative estimate of drug-likeness (QED) is 0.754. The van der Waals surface area contributed by atoms with E-state index < -0.39 is 0 Å². The summed E-state index contributed by atoms with van der Waals surface area (Å²) < 4.78 is 1.79. The molecule has 7 heteroatoms. The molecule has 2 fully saturated rings. The van der Waals surface area contributed by atoms with E-state index in [0.29, 0.717) is 17.0 Å². The molecule has 0 bridgehead atoms. The highest BCUT2D eigenvalue weighted by Crippen LogP contribution is 2.35. The monoisotopic (exact) mass is 415 g/mol. The van der Waals surface area contributed by atoms with E-state index in [0.717, 1.165) is 56.7 Å². The number of halogens is 1. The van der Waals surface area contributed by atoms with Crippen LogP contribution in [0.5, 0.6) is 0 Å². The number of nitrogens with zero attached hydrogens (tertiary/aromatic N) is 5. The van der Waals surface area contributed by atoms with Gasteiger partial charge in [0.05, 0.1) is 28.8 Å². The van der Waals surface area contributed by atoms with Crippen molar-refractivity contribution in [2.45, 2.75) is 52.5 Å². The number of piperidine rings is 1. The van der Waals surface area contributed by atoms with Crippen LogP contribution in [0.3, 0.4) is 0 Å². The third kappa shape index (κ3) is 4.13. The molecule has 156 valence electrons. The number of carbonyl (C=O) groups excluding carboxylic acids is 1. The van der Waals surface area contributed by atoms with Gasteiger partial charge in [0.15, 0.2) is 0 Å². The SMILES string of the molecule is CC(C)(C)[C@@H]1CCCN1C(=O)C1CCN(c2cnccc2-n2cc(Cl)cn2)CC1. The fourth-order valence-electron chi connectivity index (χ4n) is 4.78. The van der Waals surface area contributed by atoms with Crippen molar-refractivity contribution in [2.24, 2.45) is 11.3 Å². The van der Waals surface area contributed by atoms with Gasteiger partial charge in [-0.25, -0.2) is 4.68 Å². The van der Waals surface area contributed by atoms with Gasteiger partial charge in [-0.05, 0) is 37.2 Å². The highest BCUT2D eigenvalue weighted by Gasteiger charge is 2.39. The number of likely N-dealkylation sites (tertiary alicyclic amines) is 1. The molecule has 4 rings (SSSR count). The van der Waals surface area contributed by atoms with E-state index in [-0.39, 0.29) is 11.3 Å². The zero-order valence-corrected chi connectivity index (χ0v) is 18.3. The van der Waals surface area contributed by atoms with Crippen LogP contribution in [0.1, 0.15) is 46.5 Å². The van der Waals surface area contributed by atoms with Crippen molar-refractivity contribution in [1.82, 2.24) is 19.7 Å². The zero-order valence-electron chi connectivity index (χ0n) is 17.5. The Hall–Kier alpha value is -2.08. The van der Waals surface area contributed by atoms with Crippen LogP contribution in [-0.4, -0.2) is 51.2 Å². The molecule has 0 radical (unpaired) electrons. The molecule has 2 aromatic rings. The molecule has 0 aromatic carbocycles. The molecule has 2 aliphatic rings. The molecule has 0 aliphatic carbocycles. The Kier molecular flexibility index (Phi) is 5.56. The van der Waals surface area contributed by atoms with Gasteiger partial charge in [-0.15, -0.1) is 0 Å². The lowest BCUT2D eigenvalue weighted by Crippen LogP contribution is -2.48. The first-order valence-electron chi connectivity index (χ1n) is 10.5. The molecule has 29 heavy (non-hydrogen) atoms. The van der Waals surface area contributed by atoms with Crippen LogP contribution in [0.2, 0.25) is 5.02 Å². The maximum atomic E-state index is 13.3. The average molecular weight is 416 g/mol. The average Bonchev–Trinajstić information content (AvgIpc) is 3.37. The molecule has 2 aromatic heterocycles. The van der Waals surface area contributed by atoms with Gasteiger partial charge >= 0.3 is 0 Å². The lowest BCUT2D eigenvalue weighted by molar-refractivity contribution is -0.139. The summed E-state index contributed by atoms with van der Waals surface area (Å²) in [5.41, 5.74) is 2.14. The first-order valence-corrected chi connectivity index (χ1v) is 10.9. The van der Waals surface area contributed by atoms with E-state index in [2.05, 4.69) is 40.7 Å². The summed E-state index contributed by atoms with van der Waals surface area (Å²) in [6, 6.07) is 2.32. The maximum Gasteiger partial charge on any atom is 0.226 e. The highest BCUT2D eigenvalue weighted by atomic mass is 35.5. The normalized spacial score (nSPS) is 21.0. The fourth-order valence-corrected chi connectivity index (χ4v) is 4.92. The van der Waals surface area contributed by atoms with Crippen molar-refractivity contribution < 1.29 is 4.79 Å². The lowest BCUT2D eigenvalue weighted by atomic mass is 9.84. The van der Waals surface area contributed by atoms with Crippen LogP contribution in [-0.2, 0) is 4.79 Å². The first-order chi connectivity index (χ1) is 13.8. The van der Waals surface area contributed by atoms with Gasteiger partial charge in [0.25, 0.3) is 0 Å².